The van der Waals surface area contributed by atoms with E-state index < -0.39 is 0 Å². The molecule has 0 unspecified atom stereocenters. The lowest BCUT2D eigenvalue weighted by Crippen LogP contribution is -2.41. The van der Waals surface area contributed by atoms with Gasteiger partial charge in [-0.05, 0) is 60.9 Å². The topological polar surface area (TPSA) is 49.4 Å². The van der Waals surface area contributed by atoms with Gasteiger partial charge in [0.15, 0.2) is 0 Å². The summed E-state index contributed by atoms with van der Waals surface area (Å²) in [5.74, 6) is -0.0624. The molecule has 0 spiro atoms. The molecule has 0 aliphatic carbocycles. The van der Waals surface area contributed by atoms with Gasteiger partial charge in [-0.2, -0.15) is 0 Å². The molecule has 0 bridgehead atoms. The number of benzene rings is 2. The summed E-state index contributed by atoms with van der Waals surface area (Å²) in [5.41, 5.74) is 1.70. The molecule has 1 aliphatic rings. The number of halogens is 2. The highest BCUT2D eigenvalue weighted by molar-refractivity contribution is 7.17. The molecule has 0 radical (unpaired) electrons. The number of carbonyl (C=O) groups excluding carboxylic acids is 2. The molecule has 1 aromatic heterocycles. The molecule has 154 valence electrons. The number of piperidine rings is 1. The highest BCUT2D eigenvalue weighted by Crippen LogP contribution is 2.33. The molecule has 7 heteroatoms. The summed E-state index contributed by atoms with van der Waals surface area (Å²) in [6.07, 6.45) is 1.32. The number of anilines is 1. The third-order valence-electron chi connectivity index (χ3n) is 5.16. The molecule has 4 nitrogen and oxygen atoms in total. The fourth-order valence-electron chi connectivity index (χ4n) is 3.57. The van der Waals surface area contributed by atoms with Gasteiger partial charge in [0.2, 0.25) is 5.91 Å². The fraction of sp³-hybridized carbons (Fsp3) is 0.217. The summed E-state index contributed by atoms with van der Waals surface area (Å²) in [5, 5.41) is 4.08. The van der Waals surface area contributed by atoms with Crippen LogP contribution in [0.5, 0.6) is 0 Å². The zero-order chi connectivity index (χ0) is 21.1. The fourth-order valence-corrected chi connectivity index (χ4v) is 5.06. The largest absolute Gasteiger partial charge is 0.338 e. The molecule has 1 saturated heterocycles. The van der Waals surface area contributed by atoms with Gasteiger partial charge < -0.3 is 10.2 Å². The van der Waals surface area contributed by atoms with E-state index in [-0.39, 0.29) is 17.7 Å². The summed E-state index contributed by atoms with van der Waals surface area (Å²) < 4.78 is 0. The first-order chi connectivity index (χ1) is 14.5. The van der Waals surface area contributed by atoms with Crippen LogP contribution < -0.4 is 5.32 Å². The Morgan fingerprint density at radius 1 is 0.933 bits per heavy atom. The Labute approximate surface area is 189 Å². The number of rotatable bonds is 4. The van der Waals surface area contributed by atoms with Crippen LogP contribution in [0.2, 0.25) is 10.0 Å². The van der Waals surface area contributed by atoms with Crippen LogP contribution >= 0.6 is 34.5 Å². The summed E-state index contributed by atoms with van der Waals surface area (Å²) in [4.78, 5) is 28.9. The lowest BCUT2D eigenvalue weighted by Gasteiger charge is -2.31. The van der Waals surface area contributed by atoms with Crippen LogP contribution in [0.4, 0.5) is 5.69 Å². The van der Waals surface area contributed by atoms with Crippen molar-refractivity contribution in [3.05, 3.63) is 75.6 Å². The monoisotopic (exact) mass is 458 g/mol. The lowest BCUT2D eigenvalue weighted by atomic mass is 9.95. The number of carbonyl (C=O) groups is 2. The first-order valence-corrected chi connectivity index (χ1v) is 11.3. The van der Waals surface area contributed by atoms with Crippen molar-refractivity contribution in [2.75, 3.05) is 18.4 Å². The van der Waals surface area contributed by atoms with Crippen LogP contribution in [0.25, 0.3) is 10.4 Å². The third-order valence-corrected chi connectivity index (χ3v) is 6.72. The Morgan fingerprint density at radius 3 is 2.27 bits per heavy atom. The van der Waals surface area contributed by atoms with Gasteiger partial charge >= 0.3 is 0 Å². The maximum Gasteiger partial charge on any atom is 0.263 e. The van der Waals surface area contributed by atoms with Gasteiger partial charge in [-0.15, -0.1) is 11.3 Å². The molecule has 2 aromatic carbocycles. The molecule has 30 heavy (non-hydrogen) atoms. The zero-order valence-electron chi connectivity index (χ0n) is 16.1. The Kier molecular flexibility index (Phi) is 6.42. The summed E-state index contributed by atoms with van der Waals surface area (Å²) >= 11 is 13.6. The van der Waals surface area contributed by atoms with E-state index in [4.69, 9.17) is 23.2 Å². The number of nitrogens with zero attached hydrogens (tertiary/aromatic N) is 1. The zero-order valence-corrected chi connectivity index (χ0v) is 18.4. The molecule has 1 fully saturated rings. The van der Waals surface area contributed by atoms with Crippen molar-refractivity contribution in [3.63, 3.8) is 0 Å². The van der Waals surface area contributed by atoms with Crippen LogP contribution in [-0.2, 0) is 4.79 Å². The number of hydrogen-bond acceptors (Lipinski definition) is 3. The van der Waals surface area contributed by atoms with E-state index >= 15 is 0 Å². The van der Waals surface area contributed by atoms with E-state index in [1.54, 1.807) is 6.07 Å². The van der Waals surface area contributed by atoms with Gasteiger partial charge in [-0.3, -0.25) is 9.59 Å². The average molecular weight is 459 g/mol. The molecular weight excluding hydrogens is 439 g/mol. The Morgan fingerprint density at radius 2 is 1.60 bits per heavy atom. The number of amides is 2. The second kappa shape index (κ2) is 9.21. The minimum absolute atomic E-state index is 0.00120. The van der Waals surface area contributed by atoms with Crippen LogP contribution in [0, 0.1) is 5.92 Å². The molecule has 3 aromatic rings. The minimum Gasteiger partial charge on any atom is -0.338 e. The molecule has 2 amide bonds. The highest BCUT2D eigenvalue weighted by atomic mass is 35.5. The van der Waals surface area contributed by atoms with Crippen molar-refractivity contribution in [3.8, 4) is 10.4 Å². The van der Waals surface area contributed by atoms with Gasteiger partial charge in [0.1, 0.15) is 0 Å². The van der Waals surface area contributed by atoms with Gasteiger partial charge in [0, 0.05) is 39.6 Å². The normalized spacial score (nSPS) is 14.5. The maximum absolute atomic E-state index is 12.9. The molecular formula is C23H20Cl2N2O2S. The average Bonchev–Trinajstić information content (AvgIpc) is 3.24. The third kappa shape index (κ3) is 4.86. The molecule has 0 saturated carbocycles. The Hall–Kier alpha value is -2.34. The van der Waals surface area contributed by atoms with Crippen molar-refractivity contribution in [2.24, 2.45) is 5.92 Å². The van der Waals surface area contributed by atoms with Crippen LogP contribution in [0.15, 0.2) is 60.7 Å². The predicted octanol–water partition coefficient (Wildman–Crippen LogP) is 6.21. The quantitative estimate of drug-likeness (QED) is 0.504. The first-order valence-electron chi connectivity index (χ1n) is 9.71. The standard InChI is InChI=1S/C23H20Cl2N2O2S/c24-17-12-16(13-18(25)14-17)20-6-7-21(30-20)23(29)27-10-8-15(9-11-27)22(28)26-19-4-2-1-3-5-19/h1-7,12-15H,8-11H2,(H,26,28). The smallest absolute Gasteiger partial charge is 0.263 e. The van der Waals surface area contributed by atoms with Crippen LogP contribution in [0.3, 0.4) is 0 Å². The van der Waals surface area contributed by atoms with Crippen molar-refractivity contribution in [1.29, 1.82) is 0 Å². The maximum atomic E-state index is 12.9. The second-order valence-electron chi connectivity index (χ2n) is 7.24. The minimum atomic E-state index is -0.0817. The van der Waals surface area contributed by atoms with Crippen LogP contribution in [0.1, 0.15) is 22.5 Å². The van der Waals surface area contributed by atoms with Crippen molar-refractivity contribution in [2.45, 2.75) is 12.8 Å². The molecule has 1 N–H and O–H groups in total. The highest BCUT2D eigenvalue weighted by Gasteiger charge is 2.28. The van der Waals surface area contributed by atoms with Gasteiger partial charge in [-0.25, -0.2) is 0 Å². The van der Waals surface area contributed by atoms with Gasteiger partial charge in [0.05, 0.1) is 4.88 Å². The van der Waals surface area contributed by atoms with Gasteiger partial charge in [-0.1, -0.05) is 41.4 Å². The summed E-state index contributed by atoms with van der Waals surface area (Å²) in [7, 11) is 0. The van der Waals surface area contributed by atoms with E-state index in [1.807, 2.05) is 59.5 Å². The van der Waals surface area contributed by atoms with E-state index in [1.165, 1.54) is 11.3 Å². The Balaban J connectivity index is 1.36. The lowest BCUT2D eigenvalue weighted by molar-refractivity contribution is -0.121. The SMILES string of the molecule is O=C(Nc1ccccc1)C1CCN(C(=O)c2ccc(-c3cc(Cl)cc(Cl)c3)s2)CC1. The number of thiophene rings is 1. The number of para-hydroxylation sites is 1. The van der Waals surface area contributed by atoms with Crippen LogP contribution in [-0.4, -0.2) is 29.8 Å². The summed E-state index contributed by atoms with van der Waals surface area (Å²) in [6, 6.07) is 18.6. The Bertz CT molecular complexity index is 1040. The molecule has 2 heterocycles. The van der Waals surface area contributed by atoms with E-state index in [2.05, 4.69) is 5.32 Å². The second-order valence-corrected chi connectivity index (χ2v) is 9.20. The van der Waals surface area contributed by atoms with E-state index in [0.29, 0.717) is 40.9 Å². The number of hydrogen-bond donors (Lipinski definition) is 1. The summed E-state index contributed by atoms with van der Waals surface area (Å²) in [6.45, 7) is 1.14. The van der Waals surface area contributed by atoms with Crippen molar-refractivity contribution < 1.29 is 9.59 Å². The number of likely N-dealkylation sites (tertiary alicyclic amines) is 1. The van der Waals surface area contributed by atoms with Crippen molar-refractivity contribution >= 4 is 52.0 Å². The first kappa shape index (κ1) is 20.9. The molecule has 1 aliphatic heterocycles. The van der Waals surface area contributed by atoms with Crippen molar-refractivity contribution in [1.82, 2.24) is 4.90 Å². The van der Waals surface area contributed by atoms with E-state index in [9.17, 15) is 9.59 Å². The predicted molar refractivity (Wildman–Crippen MR) is 123 cm³/mol. The molecule has 0 atom stereocenters. The number of nitrogens with one attached hydrogen (secondary N) is 1. The molecule has 4 rings (SSSR count). The van der Waals surface area contributed by atoms with E-state index in [0.717, 1.165) is 16.1 Å². The van der Waals surface area contributed by atoms with Gasteiger partial charge in [0.25, 0.3) is 5.91 Å².